The first-order valence-corrected chi connectivity index (χ1v) is 6.57. The topological polar surface area (TPSA) is 30.5 Å². The molecule has 0 radical (unpaired) electrons. The Morgan fingerprint density at radius 1 is 1.25 bits per heavy atom. The van der Waals surface area contributed by atoms with Crippen molar-refractivity contribution in [3.63, 3.8) is 0 Å². The van der Waals surface area contributed by atoms with Crippen molar-refractivity contribution >= 4 is 11.8 Å². The second-order valence-corrected chi connectivity index (χ2v) is 5.48. The van der Waals surface area contributed by atoms with Crippen LogP contribution in [0.3, 0.4) is 0 Å². The zero-order valence-electron chi connectivity index (χ0n) is 9.07. The monoisotopic (exact) mass is 237 g/mol. The third-order valence-electron chi connectivity index (χ3n) is 2.90. The van der Waals surface area contributed by atoms with Gasteiger partial charge in [0.2, 0.25) is 6.79 Å². The molecule has 86 valence electrons. The normalized spacial score (nSPS) is 23.4. The van der Waals surface area contributed by atoms with Crippen molar-refractivity contribution < 1.29 is 9.47 Å². The zero-order chi connectivity index (χ0) is 10.8. The van der Waals surface area contributed by atoms with Gasteiger partial charge in [-0.2, -0.15) is 0 Å². The molecule has 1 N–H and O–H groups in total. The van der Waals surface area contributed by atoms with E-state index in [1.807, 2.05) is 17.8 Å². The van der Waals surface area contributed by atoms with Gasteiger partial charge in [-0.25, -0.2) is 0 Å². The predicted molar refractivity (Wildman–Crippen MR) is 64.3 cm³/mol. The van der Waals surface area contributed by atoms with Crippen molar-refractivity contribution in [3.8, 4) is 11.5 Å². The van der Waals surface area contributed by atoms with E-state index in [4.69, 9.17) is 9.47 Å². The fraction of sp³-hybridized carbons (Fsp3) is 0.500. The van der Waals surface area contributed by atoms with Gasteiger partial charge in [0.1, 0.15) is 0 Å². The highest BCUT2D eigenvalue weighted by molar-refractivity contribution is 8.00. The van der Waals surface area contributed by atoms with Gasteiger partial charge in [-0.1, -0.05) is 0 Å². The van der Waals surface area contributed by atoms with Crippen molar-refractivity contribution in [1.29, 1.82) is 0 Å². The van der Waals surface area contributed by atoms with Gasteiger partial charge in [-0.05, 0) is 37.6 Å². The highest BCUT2D eigenvalue weighted by atomic mass is 32.2. The molecule has 1 fully saturated rings. The van der Waals surface area contributed by atoms with Crippen LogP contribution in [0.4, 0.5) is 0 Å². The first-order valence-electron chi connectivity index (χ1n) is 5.69. The average molecular weight is 237 g/mol. The maximum absolute atomic E-state index is 5.38. The lowest BCUT2D eigenvalue weighted by atomic mass is 10.2. The minimum absolute atomic E-state index is 0.356. The Balaban J connectivity index is 1.69. The molecule has 16 heavy (non-hydrogen) atoms. The van der Waals surface area contributed by atoms with Crippen LogP contribution >= 0.6 is 11.8 Å². The standard InChI is InChI=1S/C12H15NO2S/c1-2-10(7-13-5-1)16-9-3-4-11-12(6-9)15-8-14-11/h3-4,6,10,13H,1-2,5,7-8H2. The Morgan fingerprint density at radius 2 is 2.19 bits per heavy atom. The number of ether oxygens (including phenoxy) is 2. The van der Waals surface area contributed by atoms with Crippen LogP contribution in [0.25, 0.3) is 0 Å². The van der Waals surface area contributed by atoms with Crippen LogP contribution in [-0.4, -0.2) is 25.1 Å². The third-order valence-corrected chi connectivity index (χ3v) is 4.16. The first kappa shape index (κ1) is 10.3. The molecule has 0 saturated carbocycles. The highest BCUT2D eigenvalue weighted by Crippen LogP contribution is 2.37. The molecule has 0 aromatic heterocycles. The van der Waals surface area contributed by atoms with Gasteiger partial charge >= 0.3 is 0 Å². The fourth-order valence-corrected chi connectivity index (χ4v) is 3.26. The molecular weight excluding hydrogens is 222 g/mol. The summed E-state index contributed by atoms with van der Waals surface area (Å²) in [5.74, 6) is 1.75. The Hall–Kier alpha value is -0.870. The molecule has 1 saturated heterocycles. The van der Waals surface area contributed by atoms with E-state index >= 15 is 0 Å². The van der Waals surface area contributed by atoms with Crippen molar-refractivity contribution in [2.45, 2.75) is 23.0 Å². The van der Waals surface area contributed by atoms with Crippen LogP contribution in [0.15, 0.2) is 23.1 Å². The van der Waals surface area contributed by atoms with Gasteiger partial charge < -0.3 is 14.8 Å². The van der Waals surface area contributed by atoms with E-state index in [2.05, 4.69) is 17.4 Å². The number of nitrogens with one attached hydrogen (secondary N) is 1. The zero-order valence-corrected chi connectivity index (χ0v) is 9.89. The highest BCUT2D eigenvalue weighted by Gasteiger charge is 2.17. The Morgan fingerprint density at radius 3 is 3.06 bits per heavy atom. The molecule has 3 rings (SSSR count). The molecule has 3 nitrogen and oxygen atoms in total. The van der Waals surface area contributed by atoms with Crippen molar-refractivity contribution in [2.75, 3.05) is 19.9 Å². The smallest absolute Gasteiger partial charge is 0.231 e. The number of hydrogen-bond donors (Lipinski definition) is 1. The molecule has 2 aliphatic heterocycles. The first-order chi connectivity index (χ1) is 7.92. The predicted octanol–water partition coefficient (Wildman–Crippen LogP) is 2.26. The quantitative estimate of drug-likeness (QED) is 0.854. The van der Waals surface area contributed by atoms with E-state index < -0.39 is 0 Å². The summed E-state index contributed by atoms with van der Waals surface area (Å²) < 4.78 is 10.7. The van der Waals surface area contributed by atoms with E-state index in [1.165, 1.54) is 17.7 Å². The number of benzene rings is 1. The molecular formula is C12H15NO2S. The molecule has 0 bridgehead atoms. The van der Waals surface area contributed by atoms with E-state index in [-0.39, 0.29) is 0 Å². The van der Waals surface area contributed by atoms with E-state index in [1.54, 1.807) is 0 Å². The number of piperidine rings is 1. The summed E-state index contributed by atoms with van der Waals surface area (Å²) in [6.45, 7) is 2.63. The maximum atomic E-state index is 5.38. The van der Waals surface area contributed by atoms with Gasteiger partial charge in [0.05, 0.1) is 0 Å². The summed E-state index contributed by atoms with van der Waals surface area (Å²) in [5, 5.41) is 4.12. The summed E-state index contributed by atoms with van der Waals surface area (Å²) >= 11 is 1.93. The molecule has 1 atom stereocenters. The molecule has 2 heterocycles. The molecule has 4 heteroatoms. The maximum Gasteiger partial charge on any atom is 0.231 e. The minimum atomic E-state index is 0.356. The lowest BCUT2D eigenvalue weighted by Gasteiger charge is -2.22. The molecule has 2 aliphatic rings. The van der Waals surface area contributed by atoms with Gasteiger partial charge in [0.15, 0.2) is 11.5 Å². The number of hydrogen-bond acceptors (Lipinski definition) is 4. The lowest BCUT2D eigenvalue weighted by molar-refractivity contribution is 0.174. The summed E-state index contributed by atoms with van der Waals surface area (Å²) in [6.07, 6.45) is 2.58. The Labute approximate surface area is 99.5 Å². The van der Waals surface area contributed by atoms with Crippen LogP contribution in [0.5, 0.6) is 11.5 Å². The largest absolute Gasteiger partial charge is 0.454 e. The van der Waals surface area contributed by atoms with Crippen molar-refractivity contribution in [1.82, 2.24) is 5.32 Å². The summed E-state index contributed by atoms with van der Waals surface area (Å²) in [7, 11) is 0. The van der Waals surface area contributed by atoms with Gasteiger partial charge in [0, 0.05) is 16.7 Å². The molecule has 1 unspecified atom stereocenters. The van der Waals surface area contributed by atoms with Crippen LogP contribution in [-0.2, 0) is 0 Å². The number of thioether (sulfide) groups is 1. The van der Waals surface area contributed by atoms with Crippen molar-refractivity contribution in [2.24, 2.45) is 0 Å². The SMILES string of the molecule is c1cc2c(cc1SC1CCCNC1)OCO2. The molecule has 1 aromatic carbocycles. The second-order valence-electron chi connectivity index (χ2n) is 4.10. The van der Waals surface area contributed by atoms with Crippen LogP contribution in [0, 0.1) is 0 Å². The van der Waals surface area contributed by atoms with Gasteiger partial charge in [-0.15, -0.1) is 11.8 Å². The van der Waals surface area contributed by atoms with Crippen LogP contribution < -0.4 is 14.8 Å². The number of fused-ring (bicyclic) bond motifs is 1. The Kier molecular flexibility index (Phi) is 2.93. The summed E-state index contributed by atoms with van der Waals surface area (Å²) in [6, 6.07) is 6.20. The number of rotatable bonds is 2. The molecule has 0 spiro atoms. The fourth-order valence-electron chi connectivity index (χ4n) is 2.06. The minimum Gasteiger partial charge on any atom is -0.454 e. The van der Waals surface area contributed by atoms with E-state index in [0.717, 1.165) is 24.6 Å². The van der Waals surface area contributed by atoms with Gasteiger partial charge in [0.25, 0.3) is 0 Å². The van der Waals surface area contributed by atoms with Crippen LogP contribution in [0.2, 0.25) is 0 Å². The lowest BCUT2D eigenvalue weighted by Crippen LogP contribution is -2.31. The molecule has 1 aromatic rings. The average Bonchev–Trinajstić information content (AvgIpc) is 2.77. The third kappa shape index (κ3) is 2.13. The summed E-state index contributed by atoms with van der Waals surface area (Å²) in [5.41, 5.74) is 0. The van der Waals surface area contributed by atoms with Crippen molar-refractivity contribution in [3.05, 3.63) is 18.2 Å². The van der Waals surface area contributed by atoms with E-state index in [9.17, 15) is 0 Å². The Bertz CT molecular complexity index is 377. The van der Waals surface area contributed by atoms with Crippen LogP contribution in [0.1, 0.15) is 12.8 Å². The molecule has 0 aliphatic carbocycles. The second kappa shape index (κ2) is 4.55. The molecule has 0 amide bonds. The summed E-state index contributed by atoms with van der Waals surface area (Å²) in [4.78, 5) is 1.28. The van der Waals surface area contributed by atoms with Gasteiger partial charge in [-0.3, -0.25) is 0 Å². The van der Waals surface area contributed by atoms with E-state index in [0.29, 0.717) is 12.0 Å².